The highest BCUT2D eigenvalue weighted by molar-refractivity contribution is 5.80. The minimum absolute atomic E-state index is 0.00160. The fraction of sp³-hybridized carbons (Fsp3) is 0.192. The molecule has 0 aliphatic carbocycles. The summed E-state index contributed by atoms with van der Waals surface area (Å²) in [5.74, 6) is 0.489. The molecule has 0 bridgehead atoms. The van der Waals surface area contributed by atoms with Crippen LogP contribution in [0.1, 0.15) is 25.2 Å². The number of H-pyrrole nitrogens is 1. The standard InChI is InChI=1S/C26H25N3O2/c1-18(2)29(17-24-27-23-11-7-6-10-22(23)26(31)28-24)25(30)16-19-12-14-21(15-13-19)20-8-4-3-5-9-20/h3-15,18H,16-17H2,1-2H3,(H,27,28,31). The molecule has 1 aromatic heterocycles. The molecule has 0 saturated heterocycles. The predicted molar refractivity (Wildman–Crippen MR) is 124 cm³/mol. The maximum Gasteiger partial charge on any atom is 0.258 e. The smallest absolute Gasteiger partial charge is 0.258 e. The van der Waals surface area contributed by atoms with Gasteiger partial charge >= 0.3 is 0 Å². The number of aromatic amines is 1. The first-order valence-electron chi connectivity index (χ1n) is 10.4. The quantitative estimate of drug-likeness (QED) is 0.505. The fourth-order valence-electron chi connectivity index (χ4n) is 3.65. The Bertz CT molecular complexity index is 1250. The summed E-state index contributed by atoms with van der Waals surface area (Å²) in [6, 6.07) is 25.4. The van der Waals surface area contributed by atoms with Gasteiger partial charge in [0.2, 0.25) is 5.91 Å². The molecule has 0 unspecified atom stereocenters. The average Bonchev–Trinajstić information content (AvgIpc) is 2.78. The molecule has 1 amide bonds. The molecule has 0 saturated carbocycles. The van der Waals surface area contributed by atoms with Crippen LogP contribution < -0.4 is 5.56 Å². The van der Waals surface area contributed by atoms with Gasteiger partial charge in [-0.15, -0.1) is 0 Å². The Balaban J connectivity index is 1.51. The summed E-state index contributed by atoms with van der Waals surface area (Å²) in [7, 11) is 0. The van der Waals surface area contributed by atoms with Crippen molar-refractivity contribution in [3.8, 4) is 11.1 Å². The molecule has 0 fully saturated rings. The highest BCUT2D eigenvalue weighted by Crippen LogP contribution is 2.20. The van der Waals surface area contributed by atoms with Crippen LogP contribution in [-0.2, 0) is 17.8 Å². The molecule has 0 aliphatic rings. The topological polar surface area (TPSA) is 66.1 Å². The lowest BCUT2D eigenvalue weighted by atomic mass is 10.0. The zero-order valence-corrected chi connectivity index (χ0v) is 17.7. The molecular formula is C26H25N3O2. The molecule has 5 nitrogen and oxygen atoms in total. The number of carbonyl (C=O) groups is 1. The number of rotatable bonds is 6. The third-order valence-corrected chi connectivity index (χ3v) is 5.34. The molecule has 0 aliphatic heterocycles. The second-order valence-corrected chi connectivity index (χ2v) is 7.88. The van der Waals surface area contributed by atoms with Gasteiger partial charge in [0.1, 0.15) is 5.82 Å². The Hall–Kier alpha value is -3.73. The van der Waals surface area contributed by atoms with Gasteiger partial charge in [-0.1, -0.05) is 66.7 Å². The number of nitrogens with one attached hydrogen (secondary N) is 1. The van der Waals surface area contributed by atoms with Crippen LogP contribution in [0.5, 0.6) is 0 Å². The Morgan fingerprint density at radius 2 is 1.55 bits per heavy atom. The number of benzene rings is 3. The number of carbonyl (C=O) groups excluding carboxylic acids is 1. The number of nitrogens with zero attached hydrogens (tertiary/aromatic N) is 2. The van der Waals surface area contributed by atoms with E-state index in [0.717, 1.165) is 16.7 Å². The van der Waals surface area contributed by atoms with Gasteiger partial charge in [-0.3, -0.25) is 9.59 Å². The van der Waals surface area contributed by atoms with Crippen LogP contribution in [-0.4, -0.2) is 26.8 Å². The van der Waals surface area contributed by atoms with Gasteiger partial charge in [0, 0.05) is 6.04 Å². The molecule has 156 valence electrons. The minimum Gasteiger partial charge on any atom is -0.333 e. The molecule has 31 heavy (non-hydrogen) atoms. The van der Waals surface area contributed by atoms with E-state index >= 15 is 0 Å². The van der Waals surface area contributed by atoms with Gasteiger partial charge in [0.05, 0.1) is 23.9 Å². The lowest BCUT2D eigenvalue weighted by Gasteiger charge is -2.26. The van der Waals surface area contributed by atoms with Crippen molar-refractivity contribution in [1.29, 1.82) is 0 Å². The number of aromatic nitrogens is 2. The van der Waals surface area contributed by atoms with Crippen molar-refractivity contribution in [2.24, 2.45) is 0 Å². The highest BCUT2D eigenvalue weighted by atomic mass is 16.2. The van der Waals surface area contributed by atoms with Crippen molar-refractivity contribution in [1.82, 2.24) is 14.9 Å². The number of fused-ring (bicyclic) bond motifs is 1. The van der Waals surface area contributed by atoms with E-state index in [-0.39, 0.29) is 24.1 Å². The Morgan fingerprint density at radius 3 is 2.26 bits per heavy atom. The van der Waals surface area contributed by atoms with Crippen molar-refractivity contribution < 1.29 is 4.79 Å². The minimum atomic E-state index is -0.187. The Labute approximate surface area is 181 Å². The largest absolute Gasteiger partial charge is 0.333 e. The van der Waals surface area contributed by atoms with Crippen molar-refractivity contribution in [3.63, 3.8) is 0 Å². The van der Waals surface area contributed by atoms with E-state index < -0.39 is 0 Å². The SMILES string of the molecule is CC(C)N(Cc1nc2ccccc2c(=O)[nH]1)C(=O)Cc1ccc(-c2ccccc2)cc1. The molecule has 1 N–H and O–H groups in total. The number of amides is 1. The zero-order chi connectivity index (χ0) is 21.8. The van der Waals surface area contributed by atoms with E-state index in [0.29, 0.717) is 23.1 Å². The van der Waals surface area contributed by atoms with Crippen LogP contribution in [0.15, 0.2) is 83.7 Å². The second kappa shape index (κ2) is 8.96. The molecule has 4 aromatic rings. The van der Waals surface area contributed by atoms with E-state index in [1.165, 1.54) is 0 Å². The monoisotopic (exact) mass is 411 g/mol. The molecule has 1 heterocycles. The summed E-state index contributed by atoms with van der Waals surface area (Å²) in [5, 5.41) is 0.548. The first-order valence-corrected chi connectivity index (χ1v) is 10.4. The first kappa shape index (κ1) is 20.5. The molecule has 0 radical (unpaired) electrons. The third-order valence-electron chi connectivity index (χ3n) is 5.34. The van der Waals surface area contributed by atoms with E-state index in [4.69, 9.17) is 0 Å². The Kier molecular flexibility index (Phi) is 5.94. The average molecular weight is 412 g/mol. The fourth-order valence-corrected chi connectivity index (χ4v) is 3.65. The van der Waals surface area contributed by atoms with Crippen LogP contribution in [0.4, 0.5) is 0 Å². The molecule has 0 spiro atoms. The maximum absolute atomic E-state index is 13.1. The van der Waals surface area contributed by atoms with E-state index in [9.17, 15) is 9.59 Å². The van der Waals surface area contributed by atoms with Crippen LogP contribution in [0, 0.1) is 0 Å². The predicted octanol–water partition coefficient (Wildman–Crippen LogP) is 4.57. The van der Waals surface area contributed by atoms with Gasteiger partial charge in [-0.05, 0) is 42.7 Å². The second-order valence-electron chi connectivity index (χ2n) is 7.88. The first-order chi connectivity index (χ1) is 15.0. The number of para-hydroxylation sites is 1. The Morgan fingerprint density at radius 1 is 0.903 bits per heavy atom. The van der Waals surface area contributed by atoms with Gasteiger partial charge in [0.15, 0.2) is 0 Å². The zero-order valence-electron chi connectivity index (χ0n) is 17.7. The maximum atomic E-state index is 13.1. The van der Waals surface area contributed by atoms with Crippen molar-refractivity contribution in [2.45, 2.75) is 32.9 Å². The summed E-state index contributed by atoms with van der Waals surface area (Å²) < 4.78 is 0. The lowest BCUT2D eigenvalue weighted by Crippen LogP contribution is -2.38. The van der Waals surface area contributed by atoms with Crippen LogP contribution in [0.3, 0.4) is 0 Å². The van der Waals surface area contributed by atoms with Crippen molar-refractivity contribution in [3.05, 3.63) is 101 Å². The van der Waals surface area contributed by atoms with Gasteiger partial charge in [0.25, 0.3) is 5.56 Å². The van der Waals surface area contributed by atoms with E-state index in [2.05, 4.69) is 22.1 Å². The van der Waals surface area contributed by atoms with Crippen molar-refractivity contribution >= 4 is 16.8 Å². The van der Waals surface area contributed by atoms with Crippen LogP contribution >= 0.6 is 0 Å². The van der Waals surface area contributed by atoms with E-state index in [1.54, 1.807) is 11.0 Å². The molecular weight excluding hydrogens is 386 g/mol. The molecule has 5 heteroatoms. The third kappa shape index (κ3) is 4.72. The van der Waals surface area contributed by atoms with Crippen molar-refractivity contribution in [2.75, 3.05) is 0 Å². The summed E-state index contributed by atoms with van der Waals surface area (Å²) in [6.07, 6.45) is 0.297. The summed E-state index contributed by atoms with van der Waals surface area (Å²) in [4.78, 5) is 34.5. The van der Waals surface area contributed by atoms with E-state index in [1.807, 2.05) is 74.5 Å². The van der Waals surface area contributed by atoms with Gasteiger partial charge < -0.3 is 9.88 Å². The van der Waals surface area contributed by atoms with Crippen LogP contribution in [0.2, 0.25) is 0 Å². The molecule has 3 aromatic carbocycles. The normalized spacial score (nSPS) is 11.1. The molecule has 4 rings (SSSR count). The summed E-state index contributed by atoms with van der Waals surface area (Å²) in [6.45, 7) is 4.20. The van der Waals surface area contributed by atoms with Gasteiger partial charge in [-0.25, -0.2) is 4.98 Å². The lowest BCUT2D eigenvalue weighted by molar-refractivity contribution is -0.132. The van der Waals surface area contributed by atoms with Gasteiger partial charge in [-0.2, -0.15) is 0 Å². The molecule has 0 atom stereocenters. The summed E-state index contributed by atoms with van der Waals surface area (Å²) in [5.41, 5.74) is 3.67. The number of hydrogen-bond acceptors (Lipinski definition) is 3. The summed E-state index contributed by atoms with van der Waals surface area (Å²) >= 11 is 0. The highest BCUT2D eigenvalue weighted by Gasteiger charge is 2.19. The number of hydrogen-bond donors (Lipinski definition) is 1. The van der Waals surface area contributed by atoms with Crippen LogP contribution in [0.25, 0.3) is 22.0 Å².